The minimum atomic E-state index is -4.55. The standard InChI is InChI=1S/C11H13F3N4O2S/c1-2-21(19,20)6-4-16-10-8-7-9(11(12,13)14)17-18(8)5-3-15-10/h3,5,7H,2,4,6H2,1H3,(H,15,16). The van der Waals surface area contributed by atoms with Crippen molar-refractivity contribution in [1.82, 2.24) is 14.6 Å². The Morgan fingerprint density at radius 2 is 2.10 bits per heavy atom. The molecule has 0 saturated carbocycles. The highest BCUT2D eigenvalue weighted by atomic mass is 32.2. The number of alkyl halides is 3. The van der Waals surface area contributed by atoms with E-state index >= 15 is 0 Å². The van der Waals surface area contributed by atoms with Gasteiger partial charge in [-0.05, 0) is 0 Å². The minimum absolute atomic E-state index is 0.0111. The van der Waals surface area contributed by atoms with Gasteiger partial charge in [0.15, 0.2) is 21.3 Å². The smallest absolute Gasteiger partial charge is 0.367 e. The van der Waals surface area contributed by atoms with Crippen LogP contribution in [0.25, 0.3) is 5.52 Å². The van der Waals surface area contributed by atoms with Gasteiger partial charge in [0.1, 0.15) is 5.52 Å². The highest BCUT2D eigenvalue weighted by Gasteiger charge is 2.34. The monoisotopic (exact) mass is 322 g/mol. The van der Waals surface area contributed by atoms with E-state index in [1.54, 1.807) is 0 Å². The van der Waals surface area contributed by atoms with Crippen molar-refractivity contribution in [2.75, 3.05) is 23.4 Å². The number of rotatable bonds is 5. The van der Waals surface area contributed by atoms with E-state index in [4.69, 9.17) is 0 Å². The van der Waals surface area contributed by atoms with Gasteiger partial charge in [-0.1, -0.05) is 6.92 Å². The number of halogens is 3. The summed E-state index contributed by atoms with van der Waals surface area (Å²) in [6.45, 7) is 1.59. The van der Waals surface area contributed by atoms with Crippen molar-refractivity contribution in [2.24, 2.45) is 0 Å². The molecule has 0 aliphatic carbocycles. The molecule has 0 saturated heterocycles. The Morgan fingerprint density at radius 1 is 1.38 bits per heavy atom. The van der Waals surface area contributed by atoms with Crippen molar-refractivity contribution in [3.63, 3.8) is 0 Å². The molecule has 10 heteroatoms. The zero-order valence-corrected chi connectivity index (χ0v) is 11.9. The summed E-state index contributed by atoms with van der Waals surface area (Å²) in [5.74, 6) is 0.0516. The highest BCUT2D eigenvalue weighted by molar-refractivity contribution is 7.91. The van der Waals surface area contributed by atoms with E-state index in [9.17, 15) is 21.6 Å². The molecule has 0 amide bonds. The fraction of sp³-hybridized carbons (Fsp3) is 0.455. The van der Waals surface area contributed by atoms with Crippen molar-refractivity contribution in [2.45, 2.75) is 13.1 Å². The van der Waals surface area contributed by atoms with Gasteiger partial charge < -0.3 is 5.32 Å². The summed E-state index contributed by atoms with van der Waals surface area (Å²) in [7, 11) is -3.15. The van der Waals surface area contributed by atoms with Crippen molar-refractivity contribution >= 4 is 21.2 Å². The van der Waals surface area contributed by atoms with Crippen LogP contribution in [0.5, 0.6) is 0 Å². The molecular formula is C11H13F3N4O2S. The first-order chi connectivity index (χ1) is 9.73. The first-order valence-corrected chi connectivity index (χ1v) is 7.91. The molecule has 2 aromatic heterocycles. The molecule has 0 radical (unpaired) electrons. The quantitative estimate of drug-likeness (QED) is 0.905. The lowest BCUT2D eigenvalue weighted by atomic mass is 10.3. The fourth-order valence-corrected chi connectivity index (χ4v) is 2.37. The first kappa shape index (κ1) is 15.5. The predicted molar refractivity (Wildman–Crippen MR) is 70.8 cm³/mol. The Kier molecular flexibility index (Phi) is 4.08. The molecule has 0 fully saturated rings. The molecule has 0 unspecified atom stereocenters. The van der Waals surface area contributed by atoms with E-state index in [1.165, 1.54) is 19.3 Å². The van der Waals surface area contributed by atoms with Crippen molar-refractivity contribution in [3.05, 3.63) is 24.2 Å². The molecule has 0 spiro atoms. The second-order valence-electron chi connectivity index (χ2n) is 4.30. The summed E-state index contributed by atoms with van der Waals surface area (Å²) in [6.07, 6.45) is -1.97. The molecule has 1 N–H and O–H groups in total. The van der Waals surface area contributed by atoms with E-state index in [0.29, 0.717) is 0 Å². The Hall–Kier alpha value is -1.84. The van der Waals surface area contributed by atoms with Gasteiger partial charge in [0.2, 0.25) is 0 Å². The maximum Gasteiger partial charge on any atom is 0.435 e. The summed E-state index contributed by atoms with van der Waals surface area (Å²) >= 11 is 0. The maximum atomic E-state index is 12.6. The maximum absolute atomic E-state index is 12.6. The number of sulfone groups is 1. The number of anilines is 1. The van der Waals surface area contributed by atoms with Crippen molar-refractivity contribution in [3.8, 4) is 0 Å². The van der Waals surface area contributed by atoms with Crippen LogP contribution in [0.1, 0.15) is 12.6 Å². The SMILES string of the molecule is CCS(=O)(=O)CCNc1nccn2nc(C(F)(F)F)cc12. The third-order valence-corrected chi connectivity index (χ3v) is 4.53. The van der Waals surface area contributed by atoms with Crippen LogP contribution in [0.2, 0.25) is 0 Å². The normalized spacial score (nSPS) is 12.8. The van der Waals surface area contributed by atoms with Crippen molar-refractivity contribution in [1.29, 1.82) is 0 Å². The Bertz CT molecular complexity index is 739. The zero-order chi connectivity index (χ0) is 15.7. The molecule has 0 aliphatic rings. The van der Waals surface area contributed by atoms with E-state index in [-0.39, 0.29) is 29.4 Å². The molecule has 2 heterocycles. The third-order valence-electron chi connectivity index (χ3n) is 2.83. The summed E-state index contributed by atoms with van der Waals surface area (Å²) in [5.41, 5.74) is -0.890. The summed E-state index contributed by atoms with van der Waals surface area (Å²) in [5, 5.41) is 6.14. The molecule has 0 aromatic carbocycles. The van der Waals surface area contributed by atoms with Gasteiger partial charge in [-0.3, -0.25) is 0 Å². The molecule has 0 atom stereocenters. The van der Waals surface area contributed by atoms with Crippen LogP contribution < -0.4 is 5.32 Å². The van der Waals surface area contributed by atoms with Crippen molar-refractivity contribution < 1.29 is 21.6 Å². The molecule has 0 aliphatic heterocycles. The third kappa shape index (κ3) is 3.63. The second kappa shape index (κ2) is 5.51. The number of hydrogen-bond donors (Lipinski definition) is 1. The lowest BCUT2D eigenvalue weighted by Crippen LogP contribution is -2.17. The van der Waals surface area contributed by atoms with Crippen LogP contribution in [-0.2, 0) is 16.0 Å². The molecule has 116 valence electrons. The number of aromatic nitrogens is 3. The number of nitrogens with one attached hydrogen (secondary N) is 1. The Morgan fingerprint density at radius 3 is 2.71 bits per heavy atom. The van der Waals surface area contributed by atoms with Crippen LogP contribution in [-0.4, -0.2) is 41.1 Å². The van der Waals surface area contributed by atoms with Gasteiger partial charge >= 0.3 is 6.18 Å². The van der Waals surface area contributed by atoms with Crippen LogP contribution in [0.4, 0.5) is 19.0 Å². The van der Waals surface area contributed by atoms with Crippen LogP contribution in [0.3, 0.4) is 0 Å². The number of fused-ring (bicyclic) bond motifs is 1. The van der Waals surface area contributed by atoms with Gasteiger partial charge in [0, 0.05) is 30.8 Å². The van der Waals surface area contributed by atoms with E-state index in [0.717, 1.165) is 10.6 Å². The first-order valence-electron chi connectivity index (χ1n) is 6.09. The lowest BCUT2D eigenvalue weighted by Gasteiger charge is -2.06. The van der Waals surface area contributed by atoms with Gasteiger partial charge in [-0.25, -0.2) is 17.9 Å². The van der Waals surface area contributed by atoms with E-state index in [1.807, 2.05) is 0 Å². The van der Waals surface area contributed by atoms with E-state index in [2.05, 4.69) is 15.4 Å². The van der Waals surface area contributed by atoms with Gasteiger partial charge in [0.05, 0.1) is 5.75 Å². The summed E-state index contributed by atoms with van der Waals surface area (Å²) < 4.78 is 61.6. The van der Waals surface area contributed by atoms with Crippen LogP contribution >= 0.6 is 0 Å². The molecule has 21 heavy (non-hydrogen) atoms. The molecule has 2 rings (SSSR count). The van der Waals surface area contributed by atoms with Gasteiger partial charge in [-0.2, -0.15) is 18.3 Å². The minimum Gasteiger partial charge on any atom is -0.367 e. The topological polar surface area (TPSA) is 76.4 Å². The predicted octanol–water partition coefficient (Wildman–Crippen LogP) is 1.59. The highest BCUT2D eigenvalue weighted by Crippen LogP contribution is 2.29. The zero-order valence-electron chi connectivity index (χ0n) is 11.1. The largest absolute Gasteiger partial charge is 0.435 e. The van der Waals surface area contributed by atoms with Gasteiger partial charge in [0.25, 0.3) is 0 Å². The number of hydrogen-bond acceptors (Lipinski definition) is 5. The average molecular weight is 322 g/mol. The summed E-state index contributed by atoms with van der Waals surface area (Å²) in [4.78, 5) is 3.91. The van der Waals surface area contributed by atoms with E-state index < -0.39 is 21.7 Å². The van der Waals surface area contributed by atoms with Gasteiger partial charge in [-0.15, -0.1) is 0 Å². The van der Waals surface area contributed by atoms with Crippen LogP contribution in [0, 0.1) is 0 Å². The Balaban J connectivity index is 2.22. The Labute approximate surface area is 118 Å². The molecular weight excluding hydrogens is 309 g/mol. The second-order valence-corrected chi connectivity index (χ2v) is 6.77. The average Bonchev–Trinajstić information content (AvgIpc) is 2.83. The molecule has 0 bridgehead atoms. The molecule has 2 aromatic rings. The fourth-order valence-electron chi connectivity index (χ4n) is 1.67. The van der Waals surface area contributed by atoms with Crippen LogP contribution in [0.15, 0.2) is 18.5 Å². The molecule has 6 nitrogen and oxygen atoms in total. The number of nitrogens with zero attached hydrogens (tertiary/aromatic N) is 3. The lowest BCUT2D eigenvalue weighted by molar-refractivity contribution is -0.141. The summed E-state index contributed by atoms with van der Waals surface area (Å²) in [6, 6.07) is 0.865.